The summed E-state index contributed by atoms with van der Waals surface area (Å²) in [6.45, 7) is 2.05. The van der Waals surface area contributed by atoms with Gasteiger partial charge in [0.15, 0.2) is 0 Å². The maximum atomic E-state index is 12.6. The molecule has 0 radical (unpaired) electrons. The number of nitrogens with zero attached hydrogens (tertiary/aromatic N) is 1. The van der Waals surface area contributed by atoms with Crippen LogP contribution < -0.4 is 5.32 Å². The van der Waals surface area contributed by atoms with Gasteiger partial charge < -0.3 is 9.84 Å². The van der Waals surface area contributed by atoms with E-state index in [-0.39, 0.29) is 17.5 Å². The highest BCUT2D eigenvalue weighted by Gasteiger charge is 2.10. The molecule has 0 atom stereocenters. The van der Waals surface area contributed by atoms with Gasteiger partial charge in [-0.1, -0.05) is 17.3 Å². The van der Waals surface area contributed by atoms with E-state index in [0.717, 1.165) is 5.56 Å². The summed E-state index contributed by atoms with van der Waals surface area (Å²) in [7, 11) is 0. The lowest BCUT2D eigenvalue weighted by Crippen LogP contribution is -2.22. The van der Waals surface area contributed by atoms with Crippen LogP contribution in [0.3, 0.4) is 0 Å². The molecule has 5 heteroatoms. The van der Waals surface area contributed by atoms with Gasteiger partial charge in [-0.2, -0.15) is 0 Å². The van der Waals surface area contributed by atoms with Crippen LogP contribution in [0.1, 0.15) is 21.8 Å². The van der Waals surface area contributed by atoms with Crippen molar-refractivity contribution in [3.63, 3.8) is 0 Å². The van der Waals surface area contributed by atoms with Crippen molar-refractivity contribution in [2.24, 2.45) is 0 Å². The van der Waals surface area contributed by atoms with E-state index in [0.29, 0.717) is 12.2 Å². The molecule has 4 nitrogen and oxygen atoms in total. The molecule has 0 aliphatic carbocycles. The molecule has 1 aromatic heterocycles. The Bertz CT molecular complexity index is 520. The zero-order valence-electron chi connectivity index (χ0n) is 9.24. The van der Waals surface area contributed by atoms with Crippen LogP contribution in [-0.2, 0) is 6.54 Å². The zero-order valence-corrected chi connectivity index (χ0v) is 9.24. The number of hydrogen-bond acceptors (Lipinski definition) is 3. The normalized spacial score (nSPS) is 10.2. The van der Waals surface area contributed by atoms with Gasteiger partial charge in [-0.3, -0.25) is 4.79 Å². The third-order valence-corrected chi connectivity index (χ3v) is 2.22. The van der Waals surface area contributed by atoms with Gasteiger partial charge in [-0.05, 0) is 24.6 Å². The fraction of sp³-hybridized carbons (Fsp3) is 0.167. The molecule has 0 saturated carbocycles. The molecule has 0 aliphatic rings. The number of carbonyl (C=O) groups excluding carboxylic acids is 1. The molecule has 0 saturated heterocycles. The van der Waals surface area contributed by atoms with Crippen LogP contribution in [0.15, 0.2) is 34.9 Å². The Kier molecular flexibility index (Phi) is 3.18. The lowest BCUT2D eigenvalue weighted by atomic mass is 10.2. The Labute approximate surface area is 97.4 Å². The van der Waals surface area contributed by atoms with Gasteiger partial charge in [-0.15, -0.1) is 0 Å². The van der Waals surface area contributed by atoms with Gasteiger partial charge >= 0.3 is 0 Å². The minimum Gasteiger partial charge on any atom is -0.351 e. The lowest BCUT2D eigenvalue weighted by Gasteiger charge is -2.02. The molecule has 0 fully saturated rings. The average Bonchev–Trinajstić information content (AvgIpc) is 2.75. The molecular formula is C12H11FN2O2. The smallest absolute Gasteiger partial charge is 0.290 e. The second-order valence-electron chi connectivity index (χ2n) is 3.64. The number of benzene rings is 1. The van der Waals surface area contributed by atoms with E-state index in [1.807, 2.05) is 0 Å². The summed E-state index contributed by atoms with van der Waals surface area (Å²) >= 11 is 0. The largest absolute Gasteiger partial charge is 0.351 e. The van der Waals surface area contributed by atoms with Crippen molar-refractivity contribution in [3.05, 3.63) is 53.2 Å². The van der Waals surface area contributed by atoms with Crippen molar-refractivity contribution < 1.29 is 13.7 Å². The highest BCUT2D eigenvalue weighted by Crippen LogP contribution is 2.04. The van der Waals surface area contributed by atoms with Gasteiger partial charge in [0.2, 0.25) is 5.76 Å². The van der Waals surface area contributed by atoms with Crippen LogP contribution in [0.2, 0.25) is 0 Å². The first-order valence-corrected chi connectivity index (χ1v) is 5.11. The number of amides is 1. The van der Waals surface area contributed by atoms with E-state index in [2.05, 4.69) is 10.5 Å². The Hall–Kier alpha value is -2.17. The molecular weight excluding hydrogens is 223 g/mol. The van der Waals surface area contributed by atoms with Crippen LogP contribution in [0, 0.1) is 12.7 Å². The van der Waals surface area contributed by atoms with E-state index in [9.17, 15) is 9.18 Å². The summed E-state index contributed by atoms with van der Waals surface area (Å²) in [4.78, 5) is 11.6. The van der Waals surface area contributed by atoms with E-state index in [4.69, 9.17) is 4.52 Å². The van der Waals surface area contributed by atoms with E-state index in [1.54, 1.807) is 25.1 Å². The number of hydrogen-bond donors (Lipinski definition) is 1. The van der Waals surface area contributed by atoms with Gasteiger partial charge in [0.1, 0.15) is 5.82 Å². The van der Waals surface area contributed by atoms with E-state index >= 15 is 0 Å². The van der Waals surface area contributed by atoms with Crippen molar-refractivity contribution in [3.8, 4) is 0 Å². The topological polar surface area (TPSA) is 55.1 Å². The Balaban J connectivity index is 1.94. The quantitative estimate of drug-likeness (QED) is 0.884. The summed E-state index contributed by atoms with van der Waals surface area (Å²) < 4.78 is 17.5. The SMILES string of the molecule is Cc1cc(C(=O)NCc2ccc(F)cc2)on1. The summed E-state index contributed by atoms with van der Waals surface area (Å²) in [6, 6.07) is 7.47. The molecule has 1 amide bonds. The van der Waals surface area contributed by atoms with Gasteiger partial charge in [-0.25, -0.2) is 4.39 Å². The number of nitrogens with one attached hydrogen (secondary N) is 1. The number of carbonyl (C=O) groups is 1. The minimum atomic E-state index is -0.338. The number of rotatable bonds is 3. The molecule has 2 aromatic rings. The Morgan fingerprint density at radius 3 is 2.71 bits per heavy atom. The van der Waals surface area contributed by atoms with Gasteiger partial charge in [0, 0.05) is 12.6 Å². The molecule has 1 aromatic carbocycles. The maximum absolute atomic E-state index is 12.6. The molecule has 2 rings (SSSR count). The van der Waals surface area contributed by atoms with Crippen molar-refractivity contribution in [1.82, 2.24) is 10.5 Å². The predicted octanol–water partition coefficient (Wildman–Crippen LogP) is 2.05. The average molecular weight is 234 g/mol. The number of aromatic nitrogens is 1. The standard InChI is InChI=1S/C12H11FN2O2/c1-8-6-11(17-15-8)12(16)14-7-9-2-4-10(13)5-3-9/h2-6H,7H2,1H3,(H,14,16). The predicted molar refractivity (Wildman–Crippen MR) is 58.8 cm³/mol. The molecule has 88 valence electrons. The van der Waals surface area contributed by atoms with Gasteiger partial charge in [0.05, 0.1) is 5.69 Å². The second kappa shape index (κ2) is 4.78. The lowest BCUT2D eigenvalue weighted by molar-refractivity contribution is 0.0914. The first-order valence-electron chi connectivity index (χ1n) is 5.11. The molecule has 1 N–H and O–H groups in total. The zero-order chi connectivity index (χ0) is 12.3. The molecule has 0 unspecified atom stereocenters. The van der Waals surface area contributed by atoms with Crippen LogP contribution in [-0.4, -0.2) is 11.1 Å². The Morgan fingerprint density at radius 1 is 1.41 bits per heavy atom. The van der Waals surface area contributed by atoms with Crippen molar-refractivity contribution in [2.75, 3.05) is 0 Å². The van der Waals surface area contributed by atoms with Crippen molar-refractivity contribution in [1.29, 1.82) is 0 Å². The first kappa shape index (κ1) is 11.3. The number of halogens is 1. The highest BCUT2D eigenvalue weighted by molar-refractivity contribution is 5.91. The highest BCUT2D eigenvalue weighted by atomic mass is 19.1. The van der Waals surface area contributed by atoms with E-state index in [1.165, 1.54) is 12.1 Å². The van der Waals surface area contributed by atoms with Crippen molar-refractivity contribution in [2.45, 2.75) is 13.5 Å². The Morgan fingerprint density at radius 2 is 2.12 bits per heavy atom. The molecule has 0 spiro atoms. The van der Waals surface area contributed by atoms with Crippen LogP contribution in [0.25, 0.3) is 0 Å². The van der Waals surface area contributed by atoms with Crippen molar-refractivity contribution >= 4 is 5.91 Å². The third kappa shape index (κ3) is 2.90. The molecule has 0 bridgehead atoms. The summed E-state index contributed by atoms with van der Waals surface area (Å²) in [5.74, 6) is -0.467. The summed E-state index contributed by atoms with van der Waals surface area (Å²) in [6.07, 6.45) is 0. The van der Waals surface area contributed by atoms with Crippen LogP contribution >= 0.6 is 0 Å². The first-order chi connectivity index (χ1) is 8.15. The summed E-state index contributed by atoms with van der Waals surface area (Å²) in [5.41, 5.74) is 1.47. The van der Waals surface area contributed by atoms with Gasteiger partial charge in [0.25, 0.3) is 5.91 Å². The minimum absolute atomic E-state index is 0.171. The molecule has 0 aliphatic heterocycles. The maximum Gasteiger partial charge on any atom is 0.290 e. The summed E-state index contributed by atoms with van der Waals surface area (Å²) in [5, 5.41) is 6.27. The monoisotopic (exact) mass is 234 g/mol. The second-order valence-corrected chi connectivity index (χ2v) is 3.64. The molecule has 17 heavy (non-hydrogen) atoms. The number of aryl methyl sites for hydroxylation is 1. The third-order valence-electron chi connectivity index (χ3n) is 2.22. The van der Waals surface area contributed by atoms with Crippen LogP contribution in [0.4, 0.5) is 4.39 Å². The fourth-order valence-corrected chi connectivity index (χ4v) is 1.34. The van der Waals surface area contributed by atoms with E-state index < -0.39 is 0 Å². The van der Waals surface area contributed by atoms with Crippen LogP contribution in [0.5, 0.6) is 0 Å². The fourth-order valence-electron chi connectivity index (χ4n) is 1.34. The molecule has 1 heterocycles.